The Kier molecular flexibility index (Phi) is 36.4. The second kappa shape index (κ2) is 37.7. The number of rotatable bonds is 38. The van der Waals surface area contributed by atoms with Crippen molar-refractivity contribution in [1.82, 2.24) is 0 Å². The molecule has 290 valence electrons. The molecule has 0 amide bonds. The average molecular weight is 695 g/mol. The molecule has 6 heteroatoms. The van der Waals surface area contributed by atoms with Crippen LogP contribution < -0.4 is 0 Å². The summed E-state index contributed by atoms with van der Waals surface area (Å²) in [6.45, 7) is 8.90. The number of carbonyl (C=O) groups excluding carboxylic acids is 3. The van der Waals surface area contributed by atoms with Crippen LogP contribution in [0.5, 0.6) is 0 Å². The lowest BCUT2D eigenvalue weighted by molar-refractivity contribution is -0.167. The molecule has 0 aromatic rings. The number of ether oxygens (including phenoxy) is 3. The van der Waals surface area contributed by atoms with Crippen LogP contribution in [0, 0.1) is 5.92 Å². The van der Waals surface area contributed by atoms with Crippen LogP contribution in [-0.4, -0.2) is 37.2 Å². The van der Waals surface area contributed by atoms with Crippen molar-refractivity contribution in [3.05, 3.63) is 0 Å². The van der Waals surface area contributed by atoms with Gasteiger partial charge >= 0.3 is 17.9 Å². The molecule has 0 aliphatic rings. The third-order valence-corrected chi connectivity index (χ3v) is 9.54. The lowest BCUT2D eigenvalue weighted by Gasteiger charge is -2.18. The largest absolute Gasteiger partial charge is 0.462 e. The van der Waals surface area contributed by atoms with Crippen molar-refractivity contribution in [3.63, 3.8) is 0 Å². The molecule has 0 aliphatic carbocycles. The minimum atomic E-state index is -0.756. The fraction of sp³-hybridized carbons (Fsp3) is 0.930. The van der Waals surface area contributed by atoms with Gasteiger partial charge in [-0.25, -0.2) is 0 Å². The van der Waals surface area contributed by atoms with Crippen LogP contribution in [0.15, 0.2) is 0 Å². The molecular formula is C43H82O6. The van der Waals surface area contributed by atoms with Gasteiger partial charge in [-0.15, -0.1) is 0 Å². The highest BCUT2D eigenvalue weighted by Crippen LogP contribution is 2.16. The molecule has 1 atom stereocenters. The third-order valence-electron chi connectivity index (χ3n) is 9.54. The van der Waals surface area contributed by atoms with Crippen LogP contribution in [0.3, 0.4) is 0 Å². The van der Waals surface area contributed by atoms with Gasteiger partial charge in [0.1, 0.15) is 13.2 Å². The summed E-state index contributed by atoms with van der Waals surface area (Å²) in [6, 6.07) is 0. The van der Waals surface area contributed by atoms with Crippen LogP contribution in [0.4, 0.5) is 0 Å². The van der Waals surface area contributed by atoms with Crippen molar-refractivity contribution in [2.24, 2.45) is 5.92 Å². The second-order valence-electron chi connectivity index (χ2n) is 15.1. The smallest absolute Gasteiger partial charge is 0.306 e. The van der Waals surface area contributed by atoms with Gasteiger partial charge in [0.05, 0.1) is 0 Å². The maximum absolute atomic E-state index is 12.6. The average Bonchev–Trinajstić information content (AvgIpc) is 3.08. The lowest BCUT2D eigenvalue weighted by atomic mass is 10.0. The van der Waals surface area contributed by atoms with Gasteiger partial charge in [-0.05, 0) is 25.2 Å². The Balaban J connectivity index is 4.19. The van der Waals surface area contributed by atoms with Crippen molar-refractivity contribution in [3.8, 4) is 0 Å². The van der Waals surface area contributed by atoms with Crippen LogP contribution in [0.2, 0.25) is 0 Å². The van der Waals surface area contributed by atoms with E-state index in [4.69, 9.17) is 14.2 Å². The summed E-state index contributed by atoms with van der Waals surface area (Å²) in [5.41, 5.74) is 0. The van der Waals surface area contributed by atoms with Crippen LogP contribution in [0.25, 0.3) is 0 Å². The van der Waals surface area contributed by atoms with Gasteiger partial charge in [0, 0.05) is 19.3 Å². The molecule has 6 nitrogen and oxygen atoms in total. The summed E-state index contributed by atoms with van der Waals surface area (Å²) >= 11 is 0. The molecule has 0 fully saturated rings. The summed E-state index contributed by atoms with van der Waals surface area (Å²) in [6.07, 6.45) is 35.4. The second-order valence-corrected chi connectivity index (χ2v) is 15.1. The van der Waals surface area contributed by atoms with E-state index in [1.54, 1.807) is 0 Å². The number of hydrogen-bond acceptors (Lipinski definition) is 6. The van der Waals surface area contributed by atoms with E-state index in [2.05, 4.69) is 27.7 Å². The summed E-state index contributed by atoms with van der Waals surface area (Å²) in [7, 11) is 0. The molecule has 0 rings (SSSR count). The maximum Gasteiger partial charge on any atom is 0.306 e. The van der Waals surface area contributed by atoms with Crippen LogP contribution >= 0.6 is 0 Å². The molecule has 0 heterocycles. The van der Waals surface area contributed by atoms with Crippen molar-refractivity contribution < 1.29 is 28.6 Å². The summed E-state index contributed by atoms with van der Waals surface area (Å²) in [5, 5.41) is 0. The SMILES string of the molecule is CCCCCCCCCCCCC(=O)OC[C@@H](COC(=O)CCCCCCC)OC(=O)CCCCCCCCCCCCCCCC(C)C. The van der Waals surface area contributed by atoms with Gasteiger partial charge < -0.3 is 14.2 Å². The van der Waals surface area contributed by atoms with Crippen molar-refractivity contribution >= 4 is 17.9 Å². The molecule has 0 aromatic carbocycles. The van der Waals surface area contributed by atoms with E-state index in [9.17, 15) is 14.4 Å². The summed E-state index contributed by atoms with van der Waals surface area (Å²) in [4.78, 5) is 37.3. The Hall–Kier alpha value is -1.59. The summed E-state index contributed by atoms with van der Waals surface area (Å²) in [5.74, 6) is -0.0348. The molecule has 49 heavy (non-hydrogen) atoms. The van der Waals surface area contributed by atoms with E-state index in [0.717, 1.165) is 70.1 Å². The third kappa shape index (κ3) is 37.5. The number of hydrogen-bond donors (Lipinski definition) is 0. The van der Waals surface area contributed by atoms with Gasteiger partial charge in [0.15, 0.2) is 6.10 Å². The van der Waals surface area contributed by atoms with E-state index in [1.165, 1.54) is 122 Å². The fourth-order valence-corrected chi connectivity index (χ4v) is 6.27. The lowest BCUT2D eigenvalue weighted by Crippen LogP contribution is -2.30. The molecule has 0 aromatic heterocycles. The van der Waals surface area contributed by atoms with E-state index in [1.807, 2.05) is 0 Å². The predicted octanol–water partition coefficient (Wildman–Crippen LogP) is 13.2. The van der Waals surface area contributed by atoms with Crippen molar-refractivity contribution in [2.75, 3.05) is 13.2 Å². The fourth-order valence-electron chi connectivity index (χ4n) is 6.27. The molecule has 0 aliphatic heterocycles. The Morgan fingerprint density at radius 3 is 1.00 bits per heavy atom. The van der Waals surface area contributed by atoms with E-state index in [0.29, 0.717) is 19.3 Å². The molecular weight excluding hydrogens is 612 g/mol. The van der Waals surface area contributed by atoms with Crippen LogP contribution in [-0.2, 0) is 28.6 Å². The highest BCUT2D eigenvalue weighted by atomic mass is 16.6. The van der Waals surface area contributed by atoms with Crippen molar-refractivity contribution in [2.45, 2.75) is 239 Å². The monoisotopic (exact) mass is 695 g/mol. The first kappa shape index (κ1) is 47.4. The van der Waals surface area contributed by atoms with Gasteiger partial charge in [-0.3, -0.25) is 14.4 Å². The number of carbonyl (C=O) groups is 3. The zero-order valence-corrected chi connectivity index (χ0v) is 33.1. The van der Waals surface area contributed by atoms with Gasteiger partial charge in [0.25, 0.3) is 0 Å². The topological polar surface area (TPSA) is 78.9 Å². The Labute approximate surface area is 304 Å². The van der Waals surface area contributed by atoms with E-state index >= 15 is 0 Å². The minimum Gasteiger partial charge on any atom is -0.462 e. The zero-order valence-electron chi connectivity index (χ0n) is 33.1. The first-order valence-electron chi connectivity index (χ1n) is 21.4. The molecule has 0 unspecified atom stereocenters. The molecule has 0 saturated carbocycles. The molecule has 0 saturated heterocycles. The Morgan fingerprint density at radius 1 is 0.388 bits per heavy atom. The molecule has 0 N–H and O–H groups in total. The number of unbranched alkanes of at least 4 members (excludes halogenated alkanes) is 25. The van der Waals surface area contributed by atoms with E-state index in [-0.39, 0.29) is 31.1 Å². The standard InChI is InChI=1S/C43H82O6/c1-5-7-9-11-12-13-20-23-27-31-35-42(45)48-38-40(37-47-41(44)34-30-25-10-8-6-2)49-43(46)36-32-28-24-21-18-16-14-15-17-19-22-26-29-33-39(3)4/h39-40H,5-38H2,1-4H3/t40-/m1/s1. The molecule has 0 spiro atoms. The Morgan fingerprint density at radius 2 is 0.673 bits per heavy atom. The minimum absolute atomic E-state index is 0.0652. The quantitative estimate of drug-likeness (QED) is 0.0364. The zero-order chi connectivity index (χ0) is 36.0. The first-order chi connectivity index (χ1) is 23.9. The highest BCUT2D eigenvalue weighted by molar-refractivity contribution is 5.71. The van der Waals surface area contributed by atoms with Crippen molar-refractivity contribution in [1.29, 1.82) is 0 Å². The highest BCUT2D eigenvalue weighted by Gasteiger charge is 2.19. The molecule has 0 bridgehead atoms. The van der Waals surface area contributed by atoms with Gasteiger partial charge in [0.2, 0.25) is 0 Å². The van der Waals surface area contributed by atoms with Gasteiger partial charge in [-0.2, -0.15) is 0 Å². The van der Waals surface area contributed by atoms with Crippen LogP contribution in [0.1, 0.15) is 233 Å². The first-order valence-corrected chi connectivity index (χ1v) is 21.4. The maximum atomic E-state index is 12.6. The predicted molar refractivity (Wildman–Crippen MR) is 206 cm³/mol. The van der Waals surface area contributed by atoms with E-state index < -0.39 is 6.10 Å². The summed E-state index contributed by atoms with van der Waals surface area (Å²) < 4.78 is 16.6. The normalized spacial score (nSPS) is 11.9. The van der Waals surface area contributed by atoms with Gasteiger partial charge in [-0.1, -0.05) is 195 Å². The Bertz CT molecular complexity index is 736. The molecule has 0 radical (unpaired) electrons. The number of esters is 3.